The van der Waals surface area contributed by atoms with Gasteiger partial charge in [-0.05, 0) is 36.2 Å². The van der Waals surface area contributed by atoms with Crippen LogP contribution in [0.15, 0.2) is 24.3 Å². The Labute approximate surface area is 103 Å². The van der Waals surface area contributed by atoms with E-state index in [-0.39, 0.29) is 5.82 Å². The summed E-state index contributed by atoms with van der Waals surface area (Å²) in [6.07, 6.45) is 0. The van der Waals surface area contributed by atoms with Gasteiger partial charge in [-0.15, -0.1) is 0 Å². The summed E-state index contributed by atoms with van der Waals surface area (Å²) in [5, 5.41) is 12.8. The monoisotopic (exact) mass is 247 g/mol. The van der Waals surface area contributed by atoms with Crippen LogP contribution in [0.5, 0.6) is 0 Å². The minimum absolute atomic E-state index is 0.259. The number of hydrogen-bond donors (Lipinski definition) is 1. The topological polar surface area (TPSA) is 48.7 Å². The largest absolute Gasteiger partial charge is 0.370 e. The Kier molecular flexibility index (Phi) is 3.35. The zero-order valence-corrected chi connectivity index (χ0v) is 10.0. The van der Waals surface area contributed by atoms with Crippen LogP contribution >= 0.6 is 11.5 Å². The fraction of sp³-hybridized carbons (Fsp3) is 0.167. The van der Waals surface area contributed by atoms with Crippen molar-refractivity contribution in [3.05, 3.63) is 46.9 Å². The highest BCUT2D eigenvalue weighted by Gasteiger charge is 2.09. The zero-order chi connectivity index (χ0) is 12.3. The third-order valence-electron chi connectivity index (χ3n) is 2.32. The average molecular weight is 247 g/mol. The standard InChI is InChI=1S/C12H10FN3S/c1-8-11(6-14)12(17-16-8)15-7-9-3-2-4-10(13)5-9/h2-5,15H,7H2,1H3. The second-order valence-electron chi connectivity index (χ2n) is 3.57. The average Bonchev–Trinajstić information content (AvgIpc) is 2.67. The third kappa shape index (κ3) is 2.60. The molecule has 0 atom stereocenters. The molecule has 0 saturated carbocycles. The van der Waals surface area contributed by atoms with Crippen LogP contribution in [0.25, 0.3) is 0 Å². The highest BCUT2D eigenvalue weighted by Crippen LogP contribution is 2.23. The molecule has 1 aromatic carbocycles. The van der Waals surface area contributed by atoms with Gasteiger partial charge in [0, 0.05) is 6.54 Å². The number of hydrogen-bond acceptors (Lipinski definition) is 4. The Bertz CT molecular complexity index is 571. The number of aromatic nitrogens is 1. The second-order valence-corrected chi connectivity index (χ2v) is 4.34. The Morgan fingerprint density at radius 1 is 1.53 bits per heavy atom. The van der Waals surface area contributed by atoms with Crippen LogP contribution < -0.4 is 5.32 Å². The first-order valence-corrected chi connectivity index (χ1v) is 5.82. The van der Waals surface area contributed by atoms with E-state index in [2.05, 4.69) is 15.8 Å². The van der Waals surface area contributed by atoms with Crippen LogP contribution in [0.4, 0.5) is 9.39 Å². The van der Waals surface area contributed by atoms with Gasteiger partial charge in [0.1, 0.15) is 22.5 Å². The molecule has 0 aliphatic carbocycles. The normalized spacial score (nSPS) is 9.94. The van der Waals surface area contributed by atoms with E-state index in [4.69, 9.17) is 5.26 Å². The number of rotatable bonds is 3. The first-order chi connectivity index (χ1) is 8.20. The molecule has 0 bridgehead atoms. The third-order valence-corrected chi connectivity index (χ3v) is 3.21. The predicted molar refractivity (Wildman–Crippen MR) is 65.3 cm³/mol. The van der Waals surface area contributed by atoms with Gasteiger partial charge in [0.15, 0.2) is 0 Å². The van der Waals surface area contributed by atoms with Crippen molar-refractivity contribution in [1.29, 1.82) is 5.26 Å². The fourth-order valence-electron chi connectivity index (χ4n) is 1.45. The molecule has 0 aliphatic rings. The van der Waals surface area contributed by atoms with Crippen molar-refractivity contribution in [2.24, 2.45) is 0 Å². The van der Waals surface area contributed by atoms with Crippen LogP contribution in [0.1, 0.15) is 16.8 Å². The quantitative estimate of drug-likeness (QED) is 0.906. The molecule has 17 heavy (non-hydrogen) atoms. The predicted octanol–water partition coefficient (Wildman–Crippen LogP) is 3.07. The molecule has 0 spiro atoms. The maximum atomic E-state index is 13.0. The summed E-state index contributed by atoms with van der Waals surface area (Å²) in [6, 6.07) is 8.46. The van der Waals surface area contributed by atoms with Crippen molar-refractivity contribution in [3.63, 3.8) is 0 Å². The van der Waals surface area contributed by atoms with E-state index in [0.29, 0.717) is 12.1 Å². The summed E-state index contributed by atoms with van der Waals surface area (Å²) < 4.78 is 17.1. The molecule has 1 aromatic heterocycles. The van der Waals surface area contributed by atoms with Gasteiger partial charge in [-0.3, -0.25) is 0 Å². The zero-order valence-electron chi connectivity index (χ0n) is 9.20. The van der Waals surface area contributed by atoms with Gasteiger partial charge in [0.25, 0.3) is 0 Å². The Morgan fingerprint density at radius 3 is 3.06 bits per heavy atom. The molecule has 0 aliphatic heterocycles. The lowest BCUT2D eigenvalue weighted by Crippen LogP contribution is -1.99. The smallest absolute Gasteiger partial charge is 0.127 e. The molecule has 0 unspecified atom stereocenters. The van der Waals surface area contributed by atoms with Crippen LogP contribution in [0, 0.1) is 24.1 Å². The van der Waals surface area contributed by atoms with Gasteiger partial charge in [-0.1, -0.05) is 12.1 Å². The number of halogens is 1. The summed E-state index contributed by atoms with van der Waals surface area (Å²) in [6.45, 7) is 2.27. The number of benzene rings is 1. The van der Waals surface area contributed by atoms with Gasteiger partial charge < -0.3 is 5.32 Å². The lowest BCUT2D eigenvalue weighted by molar-refractivity contribution is 0.626. The molecule has 1 N–H and O–H groups in total. The molecule has 3 nitrogen and oxygen atoms in total. The summed E-state index contributed by atoms with van der Waals surface area (Å²) in [7, 11) is 0. The molecule has 1 heterocycles. The van der Waals surface area contributed by atoms with Crippen LogP contribution in [0.3, 0.4) is 0 Å². The van der Waals surface area contributed by atoms with E-state index in [0.717, 1.165) is 16.3 Å². The van der Waals surface area contributed by atoms with Crippen LogP contribution in [-0.2, 0) is 6.54 Å². The maximum absolute atomic E-state index is 13.0. The van der Waals surface area contributed by atoms with Crippen molar-refractivity contribution >= 4 is 16.5 Å². The first kappa shape index (κ1) is 11.6. The summed E-state index contributed by atoms with van der Waals surface area (Å²) >= 11 is 1.25. The minimum atomic E-state index is -0.259. The van der Waals surface area contributed by atoms with Gasteiger partial charge in [-0.25, -0.2) is 4.39 Å². The summed E-state index contributed by atoms with van der Waals surface area (Å²) in [5.41, 5.74) is 2.12. The SMILES string of the molecule is Cc1nsc(NCc2cccc(F)c2)c1C#N. The lowest BCUT2D eigenvalue weighted by Gasteiger charge is -2.03. The van der Waals surface area contributed by atoms with Crippen LogP contribution in [-0.4, -0.2) is 4.37 Å². The van der Waals surface area contributed by atoms with Gasteiger partial charge in [0.05, 0.1) is 5.69 Å². The number of anilines is 1. The molecule has 0 saturated heterocycles. The molecule has 2 aromatic rings. The molecular weight excluding hydrogens is 237 g/mol. The fourth-order valence-corrected chi connectivity index (χ4v) is 2.19. The van der Waals surface area contributed by atoms with Crippen molar-refractivity contribution in [2.45, 2.75) is 13.5 Å². The van der Waals surface area contributed by atoms with E-state index in [9.17, 15) is 4.39 Å². The Balaban J connectivity index is 2.10. The molecular formula is C12H10FN3S. The van der Waals surface area contributed by atoms with E-state index < -0.39 is 0 Å². The summed E-state index contributed by atoms with van der Waals surface area (Å²) in [5.74, 6) is -0.259. The van der Waals surface area contributed by atoms with Crippen molar-refractivity contribution in [2.75, 3.05) is 5.32 Å². The number of aryl methyl sites for hydroxylation is 1. The molecule has 2 rings (SSSR count). The molecule has 0 radical (unpaired) electrons. The number of nitrogens with zero attached hydrogens (tertiary/aromatic N) is 2. The maximum Gasteiger partial charge on any atom is 0.127 e. The highest BCUT2D eigenvalue weighted by molar-refractivity contribution is 7.10. The molecule has 0 fully saturated rings. The minimum Gasteiger partial charge on any atom is -0.370 e. The van der Waals surface area contributed by atoms with E-state index in [1.165, 1.54) is 23.7 Å². The summed E-state index contributed by atoms with van der Waals surface area (Å²) in [4.78, 5) is 0. The van der Waals surface area contributed by atoms with Crippen molar-refractivity contribution in [3.8, 4) is 6.07 Å². The van der Waals surface area contributed by atoms with E-state index in [1.807, 2.05) is 6.07 Å². The van der Waals surface area contributed by atoms with Gasteiger partial charge >= 0.3 is 0 Å². The molecule has 86 valence electrons. The lowest BCUT2D eigenvalue weighted by atomic mass is 10.2. The second kappa shape index (κ2) is 4.93. The van der Waals surface area contributed by atoms with Crippen molar-refractivity contribution in [1.82, 2.24) is 4.37 Å². The van der Waals surface area contributed by atoms with Crippen LogP contribution in [0.2, 0.25) is 0 Å². The molecule has 0 amide bonds. The van der Waals surface area contributed by atoms with Gasteiger partial charge in [0.2, 0.25) is 0 Å². The number of nitriles is 1. The molecule has 5 heteroatoms. The van der Waals surface area contributed by atoms with E-state index in [1.54, 1.807) is 13.0 Å². The van der Waals surface area contributed by atoms with Gasteiger partial charge in [-0.2, -0.15) is 9.64 Å². The van der Waals surface area contributed by atoms with Crippen molar-refractivity contribution < 1.29 is 4.39 Å². The Hall–Kier alpha value is -1.93. The number of nitrogens with one attached hydrogen (secondary N) is 1. The van der Waals surface area contributed by atoms with E-state index >= 15 is 0 Å². The highest BCUT2D eigenvalue weighted by atomic mass is 32.1. The Morgan fingerprint density at radius 2 is 2.35 bits per heavy atom. The first-order valence-electron chi connectivity index (χ1n) is 5.05.